The van der Waals surface area contributed by atoms with Crippen LogP contribution in [0, 0.1) is 12.3 Å². The number of ether oxygens (including phenoxy) is 1. The third-order valence-electron chi connectivity index (χ3n) is 1.77. The molecule has 80 valence electrons. The molecule has 0 aliphatic carbocycles. The lowest BCUT2D eigenvalue weighted by Crippen LogP contribution is -2.04. The van der Waals surface area contributed by atoms with Crippen molar-refractivity contribution in [2.45, 2.75) is 6.10 Å². The molecule has 0 aliphatic rings. The van der Waals surface area contributed by atoms with Crippen molar-refractivity contribution in [3.05, 3.63) is 39.9 Å². The lowest BCUT2D eigenvalue weighted by molar-refractivity contribution is 0.256. The van der Waals surface area contributed by atoms with Crippen molar-refractivity contribution in [3.63, 3.8) is 0 Å². The standard InChI is InChI=1S/C11H7ClN2OS/c1-2-8(9-4-3-5-16-9)15-11-7-13-6-10(12)14-11/h1,3-8H. The van der Waals surface area contributed by atoms with Gasteiger partial charge in [0.15, 0.2) is 11.3 Å². The summed E-state index contributed by atoms with van der Waals surface area (Å²) in [5.41, 5.74) is 0. The third kappa shape index (κ3) is 2.51. The average Bonchev–Trinajstić information content (AvgIpc) is 2.79. The number of terminal acetylenes is 1. The lowest BCUT2D eigenvalue weighted by atomic mass is 10.3. The number of nitrogens with zero attached hydrogens (tertiary/aromatic N) is 2. The van der Waals surface area contributed by atoms with Gasteiger partial charge in [-0.2, -0.15) is 4.98 Å². The van der Waals surface area contributed by atoms with E-state index >= 15 is 0 Å². The quantitative estimate of drug-likeness (QED) is 0.786. The SMILES string of the molecule is C#CC(Oc1cncc(Cl)n1)c1cccs1. The number of aromatic nitrogens is 2. The van der Waals surface area contributed by atoms with E-state index in [1.54, 1.807) is 0 Å². The number of hydrogen-bond acceptors (Lipinski definition) is 4. The first-order valence-corrected chi connectivity index (χ1v) is 5.69. The van der Waals surface area contributed by atoms with E-state index in [4.69, 9.17) is 22.8 Å². The highest BCUT2D eigenvalue weighted by Crippen LogP contribution is 2.23. The van der Waals surface area contributed by atoms with Crippen molar-refractivity contribution < 1.29 is 4.74 Å². The first-order chi connectivity index (χ1) is 7.79. The van der Waals surface area contributed by atoms with E-state index in [1.165, 1.54) is 23.7 Å². The van der Waals surface area contributed by atoms with Crippen LogP contribution >= 0.6 is 22.9 Å². The fourth-order valence-corrected chi connectivity index (χ4v) is 1.97. The van der Waals surface area contributed by atoms with E-state index in [0.717, 1.165) is 4.88 Å². The van der Waals surface area contributed by atoms with Gasteiger partial charge in [-0.3, -0.25) is 4.98 Å². The maximum absolute atomic E-state index is 5.69. The first kappa shape index (κ1) is 10.9. The predicted octanol–water partition coefficient (Wildman–Crippen LogP) is 2.94. The Morgan fingerprint density at radius 3 is 3.00 bits per heavy atom. The summed E-state index contributed by atoms with van der Waals surface area (Å²) < 4.78 is 5.51. The zero-order valence-corrected chi connectivity index (χ0v) is 9.70. The van der Waals surface area contributed by atoms with Gasteiger partial charge >= 0.3 is 0 Å². The van der Waals surface area contributed by atoms with Crippen LogP contribution in [-0.2, 0) is 0 Å². The Morgan fingerprint density at radius 1 is 1.50 bits per heavy atom. The summed E-state index contributed by atoms with van der Waals surface area (Å²) in [7, 11) is 0. The molecule has 2 heterocycles. The molecule has 0 radical (unpaired) electrons. The molecular weight excluding hydrogens is 244 g/mol. The van der Waals surface area contributed by atoms with E-state index in [-0.39, 0.29) is 5.15 Å². The number of halogens is 1. The second kappa shape index (κ2) is 4.97. The molecule has 0 bridgehead atoms. The Bertz CT molecular complexity index is 507. The molecule has 16 heavy (non-hydrogen) atoms. The molecule has 0 N–H and O–H groups in total. The fraction of sp³-hybridized carbons (Fsp3) is 0.0909. The summed E-state index contributed by atoms with van der Waals surface area (Å²) in [6.07, 6.45) is 7.86. The van der Waals surface area contributed by atoms with Gasteiger partial charge in [0.1, 0.15) is 0 Å². The van der Waals surface area contributed by atoms with Gasteiger partial charge in [-0.05, 0) is 11.4 Å². The molecule has 0 amide bonds. The molecule has 1 atom stereocenters. The summed E-state index contributed by atoms with van der Waals surface area (Å²) in [5.74, 6) is 2.87. The summed E-state index contributed by atoms with van der Waals surface area (Å²) >= 11 is 7.22. The zero-order valence-electron chi connectivity index (χ0n) is 8.13. The van der Waals surface area contributed by atoms with E-state index in [2.05, 4.69) is 15.9 Å². The van der Waals surface area contributed by atoms with Gasteiger partial charge in [0.05, 0.1) is 17.3 Å². The Labute approximate surface area is 102 Å². The second-order valence-corrected chi connectivity index (χ2v) is 4.23. The van der Waals surface area contributed by atoms with Gasteiger partial charge in [-0.1, -0.05) is 23.6 Å². The van der Waals surface area contributed by atoms with E-state index in [1.807, 2.05) is 17.5 Å². The van der Waals surface area contributed by atoms with Crippen molar-refractivity contribution in [1.82, 2.24) is 9.97 Å². The predicted molar refractivity (Wildman–Crippen MR) is 63.6 cm³/mol. The maximum atomic E-state index is 5.69. The van der Waals surface area contributed by atoms with Crippen LogP contribution < -0.4 is 4.74 Å². The molecule has 0 aromatic carbocycles. The van der Waals surface area contributed by atoms with Crippen LogP contribution in [0.3, 0.4) is 0 Å². The summed E-state index contributed by atoms with van der Waals surface area (Å²) in [4.78, 5) is 8.78. The van der Waals surface area contributed by atoms with Crippen molar-refractivity contribution in [3.8, 4) is 18.2 Å². The Balaban J connectivity index is 2.17. The van der Waals surface area contributed by atoms with Gasteiger partial charge in [-0.25, -0.2) is 0 Å². The van der Waals surface area contributed by atoms with Gasteiger partial charge in [-0.15, -0.1) is 17.8 Å². The highest BCUT2D eigenvalue weighted by molar-refractivity contribution is 7.10. The van der Waals surface area contributed by atoms with E-state index < -0.39 is 6.10 Å². The number of thiophene rings is 1. The van der Waals surface area contributed by atoms with Gasteiger partial charge < -0.3 is 4.74 Å². The smallest absolute Gasteiger partial charge is 0.235 e. The van der Waals surface area contributed by atoms with Crippen molar-refractivity contribution in [1.29, 1.82) is 0 Å². The molecule has 5 heteroatoms. The number of hydrogen-bond donors (Lipinski definition) is 0. The molecule has 2 aromatic heterocycles. The van der Waals surface area contributed by atoms with Gasteiger partial charge in [0, 0.05) is 0 Å². The van der Waals surface area contributed by atoms with Crippen molar-refractivity contribution in [2.24, 2.45) is 0 Å². The fourth-order valence-electron chi connectivity index (χ4n) is 1.12. The highest BCUT2D eigenvalue weighted by Gasteiger charge is 2.12. The largest absolute Gasteiger partial charge is 0.454 e. The zero-order chi connectivity index (χ0) is 11.4. The van der Waals surface area contributed by atoms with Crippen LogP contribution in [0.25, 0.3) is 0 Å². The van der Waals surface area contributed by atoms with E-state index in [9.17, 15) is 0 Å². The van der Waals surface area contributed by atoms with Crippen molar-refractivity contribution in [2.75, 3.05) is 0 Å². The maximum Gasteiger partial charge on any atom is 0.235 e. The molecule has 0 saturated carbocycles. The third-order valence-corrected chi connectivity index (χ3v) is 2.87. The van der Waals surface area contributed by atoms with Crippen LogP contribution in [0.5, 0.6) is 5.88 Å². The number of rotatable bonds is 3. The molecule has 0 fully saturated rings. The molecule has 2 aromatic rings. The van der Waals surface area contributed by atoms with Gasteiger partial charge in [0.2, 0.25) is 5.88 Å². The molecule has 0 spiro atoms. The van der Waals surface area contributed by atoms with Crippen LogP contribution in [0.4, 0.5) is 0 Å². The minimum atomic E-state index is -0.451. The Kier molecular flexibility index (Phi) is 3.40. The average molecular weight is 251 g/mol. The van der Waals surface area contributed by atoms with Crippen LogP contribution in [0.15, 0.2) is 29.9 Å². The Morgan fingerprint density at radius 2 is 2.38 bits per heavy atom. The van der Waals surface area contributed by atoms with Crippen LogP contribution in [-0.4, -0.2) is 9.97 Å². The lowest BCUT2D eigenvalue weighted by Gasteiger charge is -2.10. The molecule has 1 unspecified atom stereocenters. The molecule has 0 saturated heterocycles. The Hall–Kier alpha value is -1.57. The summed E-state index contributed by atoms with van der Waals surface area (Å²) in [5, 5.41) is 2.21. The monoisotopic (exact) mass is 250 g/mol. The van der Waals surface area contributed by atoms with E-state index in [0.29, 0.717) is 5.88 Å². The molecule has 0 aliphatic heterocycles. The minimum Gasteiger partial charge on any atom is -0.454 e. The molecule has 3 nitrogen and oxygen atoms in total. The minimum absolute atomic E-state index is 0.277. The molecule has 2 rings (SSSR count). The molecular formula is C11H7ClN2OS. The first-order valence-electron chi connectivity index (χ1n) is 4.43. The summed E-state index contributed by atoms with van der Waals surface area (Å²) in [6.45, 7) is 0. The van der Waals surface area contributed by atoms with Crippen LogP contribution in [0.1, 0.15) is 11.0 Å². The second-order valence-electron chi connectivity index (χ2n) is 2.86. The normalized spacial score (nSPS) is 11.8. The van der Waals surface area contributed by atoms with Gasteiger partial charge in [0.25, 0.3) is 0 Å². The highest BCUT2D eigenvalue weighted by atomic mass is 35.5. The summed E-state index contributed by atoms with van der Waals surface area (Å²) in [6, 6.07) is 3.82. The van der Waals surface area contributed by atoms with Crippen LogP contribution in [0.2, 0.25) is 5.15 Å². The topological polar surface area (TPSA) is 35.0 Å². The van der Waals surface area contributed by atoms with Crippen molar-refractivity contribution >= 4 is 22.9 Å².